The highest BCUT2D eigenvalue weighted by molar-refractivity contribution is 6.30. The van der Waals surface area contributed by atoms with Crippen molar-refractivity contribution >= 4 is 40.0 Å². The maximum absolute atomic E-state index is 12.7. The van der Waals surface area contributed by atoms with Crippen molar-refractivity contribution in [1.29, 1.82) is 0 Å². The smallest absolute Gasteiger partial charge is 0.250 e. The lowest BCUT2D eigenvalue weighted by atomic mass is 10.1. The lowest BCUT2D eigenvalue weighted by Crippen LogP contribution is -2.27. The van der Waals surface area contributed by atoms with Crippen LogP contribution in [0.15, 0.2) is 67.0 Å². The third-order valence-electron chi connectivity index (χ3n) is 6.49. The number of hydrogen-bond acceptors (Lipinski definition) is 6. The molecule has 0 radical (unpaired) electrons. The van der Waals surface area contributed by atoms with E-state index in [1.165, 1.54) is 19.2 Å². The van der Waals surface area contributed by atoms with E-state index >= 15 is 0 Å². The maximum Gasteiger partial charge on any atom is 0.250 e. The van der Waals surface area contributed by atoms with Gasteiger partial charge in [-0.15, -0.1) is 0 Å². The van der Waals surface area contributed by atoms with Gasteiger partial charge >= 0.3 is 0 Å². The molecule has 1 amide bonds. The number of nitrogens with two attached hydrogens (primary N) is 1. The number of anilines is 2. The molecule has 0 bridgehead atoms. The van der Waals surface area contributed by atoms with Crippen LogP contribution >= 0.6 is 11.6 Å². The van der Waals surface area contributed by atoms with Crippen LogP contribution in [0.5, 0.6) is 0 Å². The second-order valence-electron chi connectivity index (χ2n) is 8.86. The molecule has 2 aromatic carbocycles. The van der Waals surface area contributed by atoms with E-state index in [9.17, 15) is 4.79 Å². The SMILES string of the molecule is CCN(C/C=C/C(=O)N(C)c1ccc(-n2nc(-c3ccc(Cl)cc3)c3c(N)ncnc32)cc1)C1CC1. The van der Waals surface area contributed by atoms with Crippen molar-refractivity contribution in [2.75, 3.05) is 30.8 Å². The maximum atomic E-state index is 12.7. The van der Waals surface area contributed by atoms with E-state index in [1.807, 2.05) is 54.6 Å². The largest absolute Gasteiger partial charge is 0.383 e. The summed E-state index contributed by atoms with van der Waals surface area (Å²) in [6.45, 7) is 3.95. The summed E-state index contributed by atoms with van der Waals surface area (Å²) in [5, 5.41) is 6.12. The summed E-state index contributed by atoms with van der Waals surface area (Å²) in [5.74, 6) is 0.290. The summed E-state index contributed by atoms with van der Waals surface area (Å²) in [6.07, 6.45) is 7.54. The number of carbonyl (C=O) groups is 1. The second-order valence-corrected chi connectivity index (χ2v) is 9.30. The highest BCUT2D eigenvalue weighted by Gasteiger charge is 2.26. The van der Waals surface area contributed by atoms with Crippen molar-refractivity contribution in [2.24, 2.45) is 0 Å². The molecule has 0 spiro atoms. The molecule has 8 nitrogen and oxygen atoms in total. The summed E-state index contributed by atoms with van der Waals surface area (Å²) < 4.78 is 1.74. The Morgan fingerprint density at radius 3 is 2.53 bits per heavy atom. The van der Waals surface area contributed by atoms with Gasteiger partial charge in [-0.3, -0.25) is 9.69 Å². The molecule has 184 valence electrons. The molecule has 4 aromatic rings. The van der Waals surface area contributed by atoms with E-state index in [2.05, 4.69) is 21.8 Å². The Hall–Kier alpha value is -3.75. The first-order valence-corrected chi connectivity index (χ1v) is 12.4. The fraction of sp³-hybridized carbons (Fsp3) is 0.259. The molecule has 1 fully saturated rings. The Morgan fingerprint density at radius 2 is 1.86 bits per heavy atom. The van der Waals surface area contributed by atoms with Crippen LogP contribution in [0.2, 0.25) is 5.02 Å². The topological polar surface area (TPSA) is 93.2 Å². The average molecular weight is 502 g/mol. The number of nitrogen functional groups attached to an aromatic ring is 1. The van der Waals surface area contributed by atoms with Crippen molar-refractivity contribution in [2.45, 2.75) is 25.8 Å². The number of amides is 1. The molecule has 1 saturated carbocycles. The molecule has 2 heterocycles. The van der Waals surface area contributed by atoms with E-state index in [4.69, 9.17) is 22.4 Å². The molecule has 2 N–H and O–H groups in total. The second kappa shape index (κ2) is 10.1. The number of fused-ring (bicyclic) bond motifs is 1. The monoisotopic (exact) mass is 501 g/mol. The van der Waals surface area contributed by atoms with Gasteiger partial charge in [0.1, 0.15) is 17.8 Å². The molecular weight excluding hydrogens is 474 g/mol. The van der Waals surface area contributed by atoms with Gasteiger partial charge in [0.05, 0.1) is 11.1 Å². The van der Waals surface area contributed by atoms with Gasteiger partial charge < -0.3 is 10.6 Å². The quantitative estimate of drug-likeness (QED) is 0.351. The van der Waals surface area contributed by atoms with Crippen LogP contribution in [0.1, 0.15) is 19.8 Å². The van der Waals surface area contributed by atoms with Gasteiger partial charge in [0, 0.05) is 42.0 Å². The van der Waals surface area contributed by atoms with E-state index in [1.54, 1.807) is 22.7 Å². The van der Waals surface area contributed by atoms with Gasteiger partial charge in [-0.1, -0.05) is 36.7 Å². The van der Waals surface area contributed by atoms with Crippen LogP contribution in [0, 0.1) is 0 Å². The first-order valence-electron chi connectivity index (χ1n) is 12.0. The van der Waals surface area contributed by atoms with Crippen molar-refractivity contribution in [3.05, 3.63) is 72.0 Å². The molecule has 1 aliphatic carbocycles. The Labute approximate surface area is 215 Å². The standard InChI is InChI=1S/C27H28ClN7O/c1-3-34(21-12-13-21)16-4-5-23(36)33(2)20-10-14-22(15-11-20)35-27-24(26(29)30-17-31-27)25(32-35)18-6-8-19(28)9-7-18/h4-11,14-15,17,21H,3,12-13,16H2,1-2H3,(H2,29,30,31)/b5-4+. The minimum Gasteiger partial charge on any atom is -0.383 e. The molecule has 9 heteroatoms. The first-order chi connectivity index (χ1) is 17.5. The minimum atomic E-state index is -0.0651. The number of nitrogens with zero attached hydrogens (tertiary/aromatic N) is 6. The van der Waals surface area contributed by atoms with Gasteiger partial charge in [-0.05, 0) is 55.8 Å². The number of carbonyl (C=O) groups excluding carboxylic acids is 1. The van der Waals surface area contributed by atoms with Crippen LogP contribution in [-0.4, -0.2) is 56.7 Å². The fourth-order valence-electron chi connectivity index (χ4n) is 4.29. The molecule has 0 unspecified atom stereocenters. The van der Waals surface area contributed by atoms with Crippen LogP contribution < -0.4 is 10.6 Å². The van der Waals surface area contributed by atoms with Crippen molar-refractivity contribution in [1.82, 2.24) is 24.6 Å². The molecule has 36 heavy (non-hydrogen) atoms. The number of benzene rings is 2. The number of likely N-dealkylation sites (N-methyl/N-ethyl adjacent to an activating group) is 2. The predicted octanol–water partition coefficient (Wildman–Crippen LogP) is 4.72. The Morgan fingerprint density at radius 1 is 1.14 bits per heavy atom. The average Bonchev–Trinajstić information content (AvgIpc) is 3.66. The lowest BCUT2D eigenvalue weighted by molar-refractivity contribution is -0.113. The number of hydrogen-bond donors (Lipinski definition) is 1. The van der Waals surface area contributed by atoms with Gasteiger partial charge in [-0.25, -0.2) is 14.6 Å². The van der Waals surface area contributed by atoms with Crippen LogP contribution in [-0.2, 0) is 4.79 Å². The van der Waals surface area contributed by atoms with E-state index in [0.29, 0.717) is 33.6 Å². The third-order valence-corrected chi connectivity index (χ3v) is 6.75. The van der Waals surface area contributed by atoms with Gasteiger partial charge in [0.25, 0.3) is 0 Å². The molecule has 0 saturated heterocycles. The molecule has 1 aliphatic rings. The van der Waals surface area contributed by atoms with Crippen molar-refractivity contribution in [3.63, 3.8) is 0 Å². The number of aromatic nitrogens is 4. The third kappa shape index (κ3) is 4.82. The Kier molecular flexibility index (Phi) is 6.71. The van der Waals surface area contributed by atoms with Gasteiger partial charge in [0.2, 0.25) is 5.91 Å². The summed E-state index contributed by atoms with van der Waals surface area (Å²) in [4.78, 5) is 25.3. The molecule has 5 rings (SSSR count). The van der Waals surface area contributed by atoms with E-state index in [-0.39, 0.29) is 5.91 Å². The van der Waals surface area contributed by atoms with E-state index in [0.717, 1.165) is 30.0 Å². The molecule has 2 aromatic heterocycles. The summed E-state index contributed by atoms with van der Waals surface area (Å²) in [6, 6.07) is 15.7. The predicted molar refractivity (Wildman–Crippen MR) is 144 cm³/mol. The Bertz CT molecular complexity index is 1410. The van der Waals surface area contributed by atoms with E-state index < -0.39 is 0 Å². The summed E-state index contributed by atoms with van der Waals surface area (Å²) in [5.41, 5.74) is 9.93. The van der Waals surface area contributed by atoms with Crippen LogP contribution in [0.3, 0.4) is 0 Å². The molecule has 0 aliphatic heterocycles. The lowest BCUT2D eigenvalue weighted by Gasteiger charge is -2.18. The van der Waals surface area contributed by atoms with Crippen LogP contribution in [0.25, 0.3) is 28.0 Å². The fourth-order valence-corrected chi connectivity index (χ4v) is 4.41. The summed E-state index contributed by atoms with van der Waals surface area (Å²) >= 11 is 6.07. The highest BCUT2D eigenvalue weighted by Crippen LogP contribution is 2.32. The van der Waals surface area contributed by atoms with Gasteiger partial charge in [-0.2, -0.15) is 5.10 Å². The van der Waals surface area contributed by atoms with Gasteiger partial charge in [0.15, 0.2) is 5.65 Å². The summed E-state index contributed by atoms with van der Waals surface area (Å²) in [7, 11) is 1.77. The molecular formula is C27H28ClN7O. The zero-order valence-electron chi connectivity index (χ0n) is 20.3. The zero-order chi connectivity index (χ0) is 25.2. The number of rotatable bonds is 8. The first kappa shape index (κ1) is 24.0. The van der Waals surface area contributed by atoms with Crippen molar-refractivity contribution < 1.29 is 4.79 Å². The highest BCUT2D eigenvalue weighted by atomic mass is 35.5. The van der Waals surface area contributed by atoms with Crippen molar-refractivity contribution in [3.8, 4) is 16.9 Å². The number of halogens is 1. The Balaban J connectivity index is 1.39. The zero-order valence-corrected chi connectivity index (χ0v) is 21.1. The van der Waals surface area contributed by atoms with Crippen LogP contribution in [0.4, 0.5) is 11.5 Å². The minimum absolute atomic E-state index is 0.0651. The molecule has 0 atom stereocenters. The normalized spacial score (nSPS) is 13.7.